The van der Waals surface area contributed by atoms with E-state index in [1.165, 1.54) is 18.9 Å². The summed E-state index contributed by atoms with van der Waals surface area (Å²) < 4.78 is 13.2. The van der Waals surface area contributed by atoms with E-state index in [1.807, 2.05) is 13.1 Å². The zero-order chi connectivity index (χ0) is 11.4. The van der Waals surface area contributed by atoms with E-state index in [4.69, 9.17) is 0 Å². The highest BCUT2D eigenvalue weighted by molar-refractivity contribution is 5.48. The number of nitrogens with one attached hydrogen (secondary N) is 1. The summed E-state index contributed by atoms with van der Waals surface area (Å²) in [5.74, 6) is -0.142. The van der Waals surface area contributed by atoms with Crippen LogP contribution in [0.5, 0.6) is 0 Å². The van der Waals surface area contributed by atoms with Gasteiger partial charge in [-0.2, -0.15) is 0 Å². The average molecular weight is 222 g/mol. The van der Waals surface area contributed by atoms with E-state index < -0.39 is 0 Å². The van der Waals surface area contributed by atoms with Gasteiger partial charge in [-0.25, -0.2) is 4.39 Å². The normalized spacial score (nSPS) is 20.4. The number of halogens is 1. The van der Waals surface area contributed by atoms with Crippen molar-refractivity contribution in [2.45, 2.75) is 25.3 Å². The molecular formula is C13H19FN2. The van der Waals surface area contributed by atoms with Crippen molar-refractivity contribution in [3.8, 4) is 0 Å². The molecule has 0 aliphatic carbocycles. The molecule has 1 unspecified atom stereocenters. The minimum Gasteiger partial charge on any atom is -0.368 e. The van der Waals surface area contributed by atoms with Crippen molar-refractivity contribution in [3.05, 3.63) is 30.1 Å². The lowest BCUT2D eigenvalue weighted by Gasteiger charge is -2.26. The summed E-state index contributed by atoms with van der Waals surface area (Å²) in [6.45, 7) is 2.08. The Kier molecular flexibility index (Phi) is 3.78. The van der Waals surface area contributed by atoms with Crippen LogP contribution in [0.15, 0.2) is 24.3 Å². The smallest absolute Gasteiger partial charge is 0.125 e. The van der Waals surface area contributed by atoms with Crippen LogP contribution in [-0.2, 0) is 0 Å². The van der Waals surface area contributed by atoms with E-state index in [-0.39, 0.29) is 5.82 Å². The van der Waals surface area contributed by atoms with Crippen molar-refractivity contribution in [3.63, 3.8) is 0 Å². The highest BCUT2D eigenvalue weighted by Gasteiger charge is 2.24. The predicted octanol–water partition coefficient (Wildman–Crippen LogP) is 2.40. The van der Waals surface area contributed by atoms with Gasteiger partial charge in [0.05, 0.1) is 0 Å². The van der Waals surface area contributed by atoms with Crippen molar-refractivity contribution in [1.82, 2.24) is 5.32 Å². The zero-order valence-electron chi connectivity index (χ0n) is 9.75. The van der Waals surface area contributed by atoms with Gasteiger partial charge in [0, 0.05) is 18.3 Å². The molecule has 2 rings (SSSR count). The molecule has 3 heteroatoms. The fourth-order valence-corrected chi connectivity index (χ4v) is 2.44. The highest BCUT2D eigenvalue weighted by Crippen LogP contribution is 2.27. The van der Waals surface area contributed by atoms with E-state index in [2.05, 4.69) is 10.2 Å². The Labute approximate surface area is 96.5 Å². The third-order valence-corrected chi connectivity index (χ3v) is 3.24. The highest BCUT2D eigenvalue weighted by atomic mass is 19.1. The molecule has 0 amide bonds. The van der Waals surface area contributed by atoms with Gasteiger partial charge in [0.25, 0.3) is 0 Å². The number of nitrogens with zero attached hydrogens (tertiary/aromatic N) is 1. The van der Waals surface area contributed by atoms with E-state index >= 15 is 0 Å². The first kappa shape index (κ1) is 11.4. The van der Waals surface area contributed by atoms with Gasteiger partial charge in [0.15, 0.2) is 0 Å². The predicted molar refractivity (Wildman–Crippen MR) is 65.3 cm³/mol. The van der Waals surface area contributed by atoms with Crippen molar-refractivity contribution in [2.24, 2.45) is 0 Å². The van der Waals surface area contributed by atoms with Crippen LogP contribution in [0.1, 0.15) is 19.3 Å². The summed E-state index contributed by atoms with van der Waals surface area (Å²) in [6, 6.07) is 7.49. The summed E-state index contributed by atoms with van der Waals surface area (Å²) in [7, 11) is 1.97. The molecule has 16 heavy (non-hydrogen) atoms. The lowest BCUT2D eigenvalue weighted by atomic mass is 10.1. The van der Waals surface area contributed by atoms with Gasteiger partial charge >= 0.3 is 0 Å². The number of rotatable bonds is 4. The monoisotopic (exact) mass is 222 g/mol. The molecule has 1 aliphatic heterocycles. The molecule has 2 nitrogen and oxygen atoms in total. The summed E-state index contributed by atoms with van der Waals surface area (Å²) >= 11 is 0. The lowest BCUT2D eigenvalue weighted by molar-refractivity contribution is 0.582. The van der Waals surface area contributed by atoms with Gasteiger partial charge in [-0.05, 0) is 51.1 Å². The summed E-state index contributed by atoms with van der Waals surface area (Å²) in [4.78, 5) is 2.33. The van der Waals surface area contributed by atoms with Crippen molar-refractivity contribution >= 4 is 5.69 Å². The summed E-state index contributed by atoms with van der Waals surface area (Å²) in [5, 5.41) is 3.18. The van der Waals surface area contributed by atoms with Crippen LogP contribution in [0.25, 0.3) is 0 Å². The van der Waals surface area contributed by atoms with Crippen LogP contribution in [0.4, 0.5) is 10.1 Å². The van der Waals surface area contributed by atoms with Crippen LogP contribution in [0.2, 0.25) is 0 Å². The van der Waals surface area contributed by atoms with E-state index in [9.17, 15) is 4.39 Å². The molecule has 1 saturated heterocycles. The third-order valence-electron chi connectivity index (χ3n) is 3.24. The van der Waals surface area contributed by atoms with Gasteiger partial charge in [0.1, 0.15) is 5.82 Å². The Balaban J connectivity index is 2.07. The molecular weight excluding hydrogens is 203 g/mol. The minimum absolute atomic E-state index is 0.142. The molecule has 1 aromatic carbocycles. The molecule has 0 radical (unpaired) electrons. The Morgan fingerprint density at radius 2 is 2.38 bits per heavy atom. The first-order valence-electron chi connectivity index (χ1n) is 5.98. The second-order valence-electron chi connectivity index (χ2n) is 4.36. The summed E-state index contributed by atoms with van der Waals surface area (Å²) in [6.07, 6.45) is 3.57. The van der Waals surface area contributed by atoms with E-state index in [0.29, 0.717) is 6.04 Å². The molecule has 0 bridgehead atoms. The largest absolute Gasteiger partial charge is 0.368 e. The maximum atomic E-state index is 13.2. The molecule has 1 fully saturated rings. The maximum Gasteiger partial charge on any atom is 0.125 e. The Morgan fingerprint density at radius 3 is 3.12 bits per heavy atom. The number of hydrogen-bond donors (Lipinski definition) is 1. The lowest BCUT2D eigenvalue weighted by Crippen LogP contribution is -2.31. The zero-order valence-corrected chi connectivity index (χ0v) is 9.75. The van der Waals surface area contributed by atoms with Crippen molar-refractivity contribution in [2.75, 3.05) is 25.0 Å². The molecule has 1 aliphatic rings. The van der Waals surface area contributed by atoms with Crippen LogP contribution in [-0.4, -0.2) is 26.2 Å². The molecule has 1 heterocycles. The van der Waals surface area contributed by atoms with Crippen LogP contribution in [0, 0.1) is 5.82 Å². The quantitative estimate of drug-likeness (QED) is 0.841. The number of anilines is 1. The van der Waals surface area contributed by atoms with Crippen LogP contribution in [0.3, 0.4) is 0 Å². The minimum atomic E-state index is -0.142. The first-order chi connectivity index (χ1) is 7.81. The SMILES string of the molecule is CNCCC1CCCN1c1cccc(F)c1. The second-order valence-corrected chi connectivity index (χ2v) is 4.36. The standard InChI is InChI=1S/C13H19FN2/c1-15-8-7-12-6-3-9-16(12)13-5-2-4-11(14)10-13/h2,4-5,10,12,15H,3,6-9H2,1H3. The molecule has 1 atom stereocenters. The Bertz CT molecular complexity index is 340. The maximum absolute atomic E-state index is 13.2. The van der Waals surface area contributed by atoms with Crippen molar-refractivity contribution in [1.29, 1.82) is 0 Å². The number of benzene rings is 1. The Morgan fingerprint density at radius 1 is 1.50 bits per heavy atom. The molecule has 0 spiro atoms. The van der Waals surface area contributed by atoms with Crippen LogP contribution >= 0.6 is 0 Å². The van der Waals surface area contributed by atoms with Gasteiger partial charge in [-0.15, -0.1) is 0 Å². The number of hydrogen-bond acceptors (Lipinski definition) is 2. The topological polar surface area (TPSA) is 15.3 Å². The fourth-order valence-electron chi connectivity index (χ4n) is 2.44. The molecule has 1 aromatic rings. The molecule has 1 N–H and O–H groups in total. The first-order valence-corrected chi connectivity index (χ1v) is 5.98. The molecule has 0 aromatic heterocycles. The average Bonchev–Trinajstić information content (AvgIpc) is 2.74. The van der Waals surface area contributed by atoms with Gasteiger partial charge in [0.2, 0.25) is 0 Å². The Hall–Kier alpha value is -1.09. The van der Waals surface area contributed by atoms with E-state index in [1.54, 1.807) is 12.1 Å². The summed E-state index contributed by atoms with van der Waals surface area (Å²) in [5.41, 5.74) is 1.03. The molecule has 88 valence electrons. The fraction of sp³-hybridized carbons (Fsp3) is 0.538. The molecule has 0 saturated carbocycles. The van der Waals surface area contributed by atoms with E-state index in [0.717, 1.165) is 25.2 Å². The van der Waals surface area contributed by atoms with Crippen LogP contribution < -0.4 is 10.2 Å². The second kappa shape index (κ2) is 5.30. The van der Waals surface area contributed by atoms with Gasteiger partial charge in [-0.1, -0.05) is 6.07 Å². The van der Waals surface area contributed by atoms with Gasteiger partial charge < -0.3 is 10.2 Å². The van der Waals surface area contributed by atoms with Gasteiger partial charge in [-0.3, -0.25) is 0 Å². The van der Waals surface area contributed by atoms with Crippen molar-refractivity contribution < 1.29 is 4.39 Å². The third kappa shape index (κ3) is 2.53.